The van der Waals surface area contributed by atoms with Crippen LogP contribution in [-0.2, 0) is 4.74 Å². The Balaban J connectivity index is 1.56. The fourth-order valence-corrected chi connectivity index (χ4v) is 3.79. The number of likely N-dealkylation sites (tertiary alicyclic amines) is 1. The number of nitrogens with one attached hydrogen (secondary N) is 1. The van der Waals surface area contributed by atoms with Gasteiger partial charge in [-0.25, -0.2) is 4.79 Å². The second-order valence-corrected chi connectivity index (χ2v) is 7.02. The fourth-order valence-electron chi connectivity index (χ4n) is 3.79. The highest BCUT2D eigenvalue weighted by Crippen LogP contribution is 2.41. The largest absolute Gasteiger partial charge is 0.441 e. The van der Waals surface area contributed by atoms with E-state index in [0.29, 0.717) is 12.0 Å². The van der Waals surface area contributed by atoms with Crippen LogP contribution in [-0.4, -0.2) is 42.3 Å². The van der Waals surface area contributed by atoms with Crippen LogP contribution < -0.4 is 5.32 Å². The summed E-state index contributed by atoms with van der Waals surface area (Å²) in [7, 11) is 0. The van der Waals surface area contributed by atoms with Crippen molar-refractivity contribution in [3.05, 3.63) is 0 Å². The summed E-state index contributed by atoms with van der Waals surface area (Å²) in [4.78, 5) is 13.8. The summed E-state index contributed by atoms with van der Waals surface area (Å²) in [6.07, 6.45) is 5.74. The molecular formula is C14H24N2O2. The van der Waals surface area contributed by atoms with Crippen LogP contribution in [0.2, 0.25) is 0 Å². The Labute approximate surface area is 109 Å². The maximum Gasteiger partial charge on any atom is 0.407 e. The first-order chi connectivity index (χ1) is 8.48. The van der Waals surface area contributed by atoms with Crippen molar-refractivity contribution in [3.8, 4) is 0 Å². The molecule has 4 nitrogen and oxygen atoms in total. The molecule has 1 aliphatic carbocycles. The van der Waals surface area contributed by atoms with Crippen LogP contribution in [0.3, 0.4) is 0 Å². The van der Waals surface area contributed by atoms with Gasteiger partial charge in [-0.1, -0.05) is 13.8 Å². The molecule has 0 aromatic rings. The minimum atomic E-state index is -0.231. The van der Waals surface area contributed by atoms with Gasteiger partial charge in [-0.05, 0) is 24.7 Å². The Morgan fingerprint density at radius 1 is 1.28 bits per heavy atom. The number of hydrogen-bond acceptors (Lipinski definition) is 3. The Hall–Kier alpha value is -0.770. The third kappa shape index (κ3) is 2.22. The highest BCUT2D eigenvalue weighted by atomic mass is 16.6. The molecule has 0 radical (unpaired) electrons. The van der Waals surface area contributed by atoms with E-state index in [1.165, 1.54) is 19.3 Å². The zero-order valence-electron chi connectivity index (χ0n) is 11.5. The average Bonchev–Trinajstić information content (AvgIpc) is 2.84. The van der Waals surface area contributed by atoms with Gasteiger partial charge in [0.2, 0.25) is 0 Å². The first kappa shape index (κ1) is 12.3. The van der Waals surface area contributed by atoms with E-state index in [2.05, 4.69) is 24.1 Å². The number of amides is 1. The molecule has 2 aliphatic heterocycles. The monoisotopic (exact) mass is 252 g/mol. The predicted molar refractivity (Wildman–Crippen MR) is 69.4 cm³/mol. The lowest BCUT2D eigenvalue weighted by Crippen LogP contribution is -2.49. The van der Waals surface area contributed by atoms with Crippen LogP contribution in [0.4, 0.5) is 4.79 Å². The Bertz CT molecular complexity index is 346. The van der Waals surface area contributed by atoms with Gasteiger partial charge in [0.05, 0.1) is 6.54 Å². The lowest BCUT2D eigenvalue weighted by molar-refractivity contribution is -0.0101. The van der Waals surface area contributed by atoms with E-state index in [1.54, 1.807) is 0 Å². The van der Waals surface area contributed by atoms with Gasteiger partial charge in [-0.15, -0.1) is 0 Å². The van der Waals surface area contributed by atoms with E-state index in [9.17, 15) is 4.79 Å². The second-order valence-electron chi connectivity index (χ2n) is 7.02. The summed E-state index contributed by atoms with van der Waals surface area (Å²) >= 11 is 0. The van der Waals surface area contributed by atoms with E-state index >= 15 is 0 Å². The number of carbonyl (C=O) groups is 1. The quantitative estimate of drug-likeness (QED) is 0.777. The molecule has 1 amide bonds. The Morgan fingerprint density at radius 3 is 2.50 bits per heavy atom. The third-order valence-corrected chi connectivity index (χ3v) is 5.03. The smallest absolute Gasteiger partial charge is 0.407 e. The molecular weight excluding hydrogens is 228 g/mol. The lowest BCUT2D eigenvalue weighted by atomic mass is 9.89. The SMILES string of the molecule is CC1(C)CCC(N2CCC3(CC2)CNC(=O)O3)C1. The normalized spacial score (nSPS) is 34.6. The molecule has 18 heavy (non-hydrogen) atoms. The molecule has 1 saturated carbocycles. The zero-order chi connectivity index (χ0) is 12.8. The molecule has 0 aromatic carbocycles. The van der Waals surface area contributed by atoms with Gasteiger partial charge in [-0.2, -0.15) is 0 Å². The highest BCUT2D eigenvalue weighted by molar-refractivity contribution is 5.70. The number of ether oxygens (including phenoxy) is 1. The van der Waals surface area contributed by atoms with Crippen molar-refractivity contribution < 1.29 is 9.53 Å². The van der Waals surface area contributed by atoms with Crippen LogP contribution in [0.1, 0.15) is 46.0 Å². The van der Waals surface area contributed by atoms with Crippen molar-refractivity contribution in [3.63, 3.8) is 0 Å². The maximum atomic E-state index is 11.2. The van der Waals surface area contributed by atoms with Gasteiger partial charge < -0.3 is 15.0 Å². The Kier molecular flexibility index (Phi) is 2.81. The van der Waals surface area contributed by atoms with Gasteiger partial charge in [0.25, 0.3) is 0 Å². The molecule has 0 bridgehead atoms. The summed E-state index contributed by atoms with van der Waals surface area (Å²) in [6, 6.07) is 0.752. The zero-order valence-corrected chi connectivity index (χ0v) is 11.5. The topological polar surface area (TPSA) is 41.6 Å². The number of hydrogen-bond donors (Lipinski definition) is 1. The molecule has 0 aromatic heterocycles. The first-order valence-electron chi connectivity index (χ1n) is 7.19. The Morgan fingerprint density at radius 2 is 2.00 bits per heavy atom. The van der Waals surface area contributed by atoms with Crippen molar-refractivity contribution in [2.75, 3.05) is 19.6 Å². The third-order valence-electron chi connectivity index (χ3n) is 5.03. The number of rotatable bonds is 1. The van der Waals surface area contributed by atoms with E-state index in [4.69, 9.17) is 4.74 Å². The van der Waals surface area contributed by atoms with Gasteiger partial charge in [0.15, 0.2) is 0 Å². The van der Waals surface area contributed by atoms with Gasteiger partial charge in [0.1, 0.15) is 5.60 Å². The standard InChI is InChI=1S/C14H24N2O2/c1-13(2)4-3-11(9-13)16-7-5-14(6-8-16)10-15-12(17)18-14/h11H,3-10H2,1-2H3,(H,15,17). The molecule has 1 unspecified atom stereocenters. The molecule has 1 atom stereocenters. The van der Waals surface area contributed by atoms with Crippen molar-refractivity contribution >= 4 is 6.09 Å². The molecule has 102 valence electrons. The molecule has 3 fully saturated rings. The van der Waals surface area contributed by atoms with E-state index in [0.717, 1.165) is 32.0 Å². The number of piperidine rings is 1. The number of alkyl carbamates (subject to hydrolysis) is 1. The molecule has 3 rings (SSSR count). The van der Waals surface area contributed by atoms with E-state index in [-0.39, 0.29) is 11.7 Å². The molecule has 1 spiro atoms. The van der Waals surface area contributed by atoms with Crippen molar-refractivity contribution in [2.45, 2.75) is 57.6 Å². The van der Waals surface area contributed by atoms with Crippen LogP contribution in [0.25, 0.3) is 0 Å². The van der Waals surface area contributed by atoms with Crippen molar-refractivity contribution in [1.29, 1.82) is 0 Å². The molecule has 2 saturated heterocycles. The molecule has 2 heterocycles. The van der Waals surface area contributed by atoms with Gasteiger partial charge in [-0.3, -0.25) is 0 Å². The van der Waals surface area contributed by atoms with Crippen LogP contribution >= 0.6 is 0 Å². The van der Waals surface area contributed by atoms with Crippen LogP contribution in [0, 0.1) is 5.41 Å². The van der Waals surface area contributed by atoms with Crippen LogP contribution in [0.15, 0.2) is 0 Å². The predicted octanol–water partition coefficient (Wildman–Crippen LogP) is 2.14. The summed E-state index contributed by atoms with van der Waals surface area (Å²) < 4.78 is 5.46. The lowest BCUT2D eigenvalue weighted by Gasteiger charge is -2.40. The second kappa shape index (κ2) is 4.12. The summed E-state index contributed by atoms with van der Waals surface area (Å²) in [5.41, 5.74) is 0.322. The van der Waals surface area contributed by atoms with Crippen molar-refractivity contribution in [2.24, 2.45) is 5.41 Å². The maximum absolute atomic E-state index is 11.2. The first-order valence-corrected chi connectivity index (χ1v) is 7.19. The molecule has 4 heteroatoms. The minimum Gasteiger partial charge on any atom is -0.441 e. The van der Waals surface area contributed by atoms with E-state index in [1.807, 2.05) is 0 Å². The van der Waals surface area contributed by atoms with Crippen molar-refractivity contribution in [1.82, 2.24) is 10.2 Å². The van der Waals surface area contributed by atoms with Gasteiger partial charge in [0, 0.05) is 32.0 Å². The van der Waals surface area contributed by atoms with E-state index < -0.39 is 0 Å². The highest BCUT2D eigenvalue weighted by Gasteiger charge is 2.45. The van der Waals surface area contributed by atoms with Gasteiger partial charge >= 0.3 is 6.09 Å². The molecule has 1 N–H and O–H groups in total. The fraction of sp³-hybridized carbons (Fsp3) is 0.929. The average molecular weight is 252 g/mol. The summed E-state index contributed by atoms with van der Waals surface area (Å²) in [5.74, 6) is 0. The number of nitrogens with zero attached hydrogens (tertiary/aromatic N) is 1. The summed E-state index contributed by atoms with van der Waals surface area (Å²) in [6.45, 7) is 7.61. The summed E-state index contributed by atoms with van der Waals surface area (Å²) in [5, 5.41) is 2.80. The van der Waals surface area contributed by atoms with Crippen LogP contribution in [0.5, 0.6) is 0 Å². The minimum absolute atomic E-state index is 0.193. The number of carbonyl (C=O) groups excluding carboxylic acids is 1. The molecule has 3 aliphatic rings.